The van der Waals surface area contributed by atoms with Crippen molar-refractivity contribution < 1.29 is 47.4 Å². The number of hydrogen-bond acceptors (Lipinski definition) is 10. The molecule has 0 N–H and O–H groups in total. The molecule has 12 heteroatoms. The fourth-order valence-corrected chi connectivity index (χ4v) is 8.03. The zero-order valence-corrected chi connectivity index (χ0v) is 43.9. The maximum Gasteiger partial charge on any atom is 0.129 e. The molecule has 0 aromatic heterocycles. The van der Waals surface area contributed by atoms with Crippen LogP contribution in [0.5, 0.6) is 23.0 Å². The summed E-state index contributed by atoms with van der Waals surface area (Å²) in [5.41, 5.74) is 10.7. The summed E-state index contributed by atoms with van der Waals surface area (Å²) < 4.78 is 59.2. The summed E-state index contributed by atoms with van der Waals surface area (Å²) in [6.45, 7) is 20.6. The fraction of sp³-hybridized carbons (Fsp3) is 0.379. The molecule has 6 aromatic carbocycles. The van der Waals surface area contributed by atoms with Gasteiger partial charge in [-0.15, -0.1) is 11.1 Å². The highest BCUT2D eigenvalue weighted by atomic mass is 28.3. The number of ether oxygens (including phenoxy) is 10. The van der Waals surface area contributed by atoms with Crippen LogP contribution in [0.3, 0.4) is 0 Å². The average molecular weight is 983 g/mol. The molecule has 0 atom stereocenters. The van der Waals surface area contributed by atoms with Gasteiger partial charge in [-0.25, -0.2) is 0 Å². The zero-order valence-electron chi connectivity index (χ0n) is 41.9. The van der Waals surface area contributed by atoms with E-state index in [4.69, 9.17) is 47.4 Å². The molecule has 0 spiro atoms. The summed E-state index contributed by atoms with van der Waals surface area (Å²) in [6, 6.07) is 40.7. The van der Waals surface area contributed by atoms with Crippen LogP contribution < -0.4 is 18.9 Å². The van der Waals surface area contributed by atoms with Gasteiger partial charge < -0.3 is 47.4 Å². The molecule has 10 nitrogen and oxygen atoms in total. The summed E-state index contributed by atoms with van der Waals surface area (Å²) >= 11 is 0. The lowest BCUT2D eigenvalue weighted by Crippen LogP contribution is -2.16. The quantitative estimate of drug-likeness (QED) is 0.0257. The van der Waals surface area contributed by atoms with Gasteiger partial charge in [0.15, 0.2) is 0 Å². The van der Waals surface area contributed by atoms with E-state index < -0.39 is 16.1 Å². The molecule has 0 saturated heterocycles. The van der Waals surface area contributed by atoms with E-state index in [2.05, 4.69) is 111 Å². The Labute approximate surface area is 417 Å². The zero-order chi connectivity index (χ0) is 49.3. The van der Waals surface area contributed by atoms with Crippen LogP contribution in [-0.2, 0) is 28.4 Å². The Hall–Kier alpha value is -5.65. The Balaban J connectivity index is 0.876. The van der Waals surface area contributed by atoms with Gasteiger partial charge in [0.2, 0.25) is 0 Å². The molecular formula is C58H70O10Si2. The second kappa shape index (κ2) is 28.9. The Bertz CT molecular complexity index is 2430. The molecule has 0 unspecified atom stereocenters. The molecule has 6 rings (SSSR count). The van der Waals surface area contributed by atoms with Crippen molar-refractivity contribution in [2.24, 2.45) is 0 Å². The first-order chi connectivity index (χ1) is 34.0. The molecule has 0 aliphatic heterocycles. The van der Waals surface area contributed by atoms with Gasteiger partial charge in [-0.2, -0.15) is 0 Å². The van der Waals surface area contributed by atoms with E-state index in [0.29, 0.717) is 106 Å². The van der Waals surface area contributed by atoms with E-state index in [1.807, 2.05) is 72.8 Å². The van der Waals surface area contributed by atoms with E-state index in [1.54, 1.807) is 0 Å². The van der Waals surface area contributed by atoms with Crippen molar-refractivity contribution in [2.45, 2.75) is 39.3 Å². The first kappa shape index (κ1) is 53.7. The van der Waals surface area contributed by atoms with Gasteiger partial charge in [-0.1, -0.05) is 112 Å². The van der Waals surface area contributed by atoms with E-state index in [-0.39, 0.29) is 0 Å². The second-order valence-corrected chi connectivity index (χ2v) is 27.9. The van der Waals surface area contributed by atoms with Crippen LogP contribution >= 0.6 is 0 Å². The molecule has 0 heterocycles. The second-order valence-electron chi connectivity index (χ2n) is 18.4. The Morgan fingerprint density at radius 1 is 0.314 bits per heavy atom. The number of rotatable bonds is 29. The van der Waals surface area contributed by atoms with Gasteiger partial charge in [-0.3, -0.25) is 0 Å². The summed E-state index contributed by atoms with van der Waals surface area (Å²) in [5.74, 6) is 9.64. The minimum absolute atomic E-state index is 0.366. The molecule has 0 radical (unpaired) electrons. The smallest absolute Gasteiger partial charge is 0.129 e. The minimum Gasteiger partial charge on any atom is -0.491 e. The first-order valence-corrected chi connectivity index (χ1v) is 31.3. The first-order valence-electron chi connectivity index (χ1n) is 24.3. The minimum atomic E-state index is -1.40. The van der Waals surface area contributed by atoms with Gasteiger partial charge in [0, 0.05) is 22.3 Å². The van der Waals surface area contributed by atoms with Crippen molar-refractivity contribution in [3.63, 3.8) is 0 Å². The fourth-order valence-electron chi connectivity index (χ4n) is 6.99. The van der Waals surface area contributed by atoms with Crippen molar-refractivity contribution in [1.82, 2.24) is 0 Å². The van der Waals surface area contributed by atoms with Crippen LogP contribution in [0, 0.1) is 22.9 Å². The molecule has 0 aliphatic rings. The Kier molecular flexibility index (Phi) is 22.2. The normalized spacial score (nSPS) is 11.5. The molecule has 0 bridgehead atoms. The lowest BCUT2D eigenvalue weighted by Gasteiger charge is -2.20. The molecule has 370 valence electrons. The molecule has 0 aliphatic carbocycles. The lowest BCUT2D eigenvalue weighted by atomic mass is 9.92. The van der Waals surface area contributed by atoms with Crippen LogP contribution in [0.2, 0.25) is 39.3 Å². The van der Waals surface area contributed by atoms with E-state index in [0.717, 1.165) is 66.8 Å². The molecule has 0 fully saturated rings. The monoisotopic (exact) mass is 982 g/mol. The number of hydrogen-bond donors (Lipinski definition) is 0. The third-order valence-corrected chi connectivity index (χ3v) is 12.1. The van der Waals surface area contributed by atoms with E-state index in [1.165, 1.54) is 0 Å². The van der Waals surface area contributed by atoms with Crippen molar-refractivity contribution >= 4 is 37.7 Å². The van der Waals surface area contributed by atoms with Crippen molar-refractivity contribution in [1.29, 1.82) is 0 Å². The summed E-state index contributed by atoms with van der Waals surface area (Å²) in [4.78, 5) is 0. The van der Waals surface area contributed by atoms with Gasteiger partial charge >= 0.3 is 0 Å². The third-order valence-electron chi connectivity index (χ3n) is 10.4. The molecular weight excluding hydrogens is 913 g/mol. The number of fused-ring (bicyclic) bond motifs is 2. The van der Waals surface area contributed by atoms with Gasteiger partial charge in [-0.05, 0) is 82.2 Å². The summed E-state index contributed by atoms with van der Waals surface area (Å²) in [6.07, 6.45) is 0. The van der Waals surface area contributed by atoms with E-state index in [9.17, 15) is 0 Å². The highest BCUT2D eigenvalue weighted by Gasteiger charge is 2.19. The molecule has 0 saturated carbocycles. The molecule has 0 amide bonds. The predicted molar refractivity (Wildman–Crippen MR) is 287 cm³/mol. The van der Waals surface area contributed by atoms with Crippen LogP contribution in [-0.4, -0.2) is 122 Å². The maximum atomic E-state index is 6.49. The average Bonchev–Trinajstić information content (AvgIpc) is 3.35. The van der Waals surface area contributed by atoms with Crippen molar-refractivity contribution in [3.8, 4) is 57.1 Å². The topological polar surface area (TPSA) is 92.3 Å². The van der Waals surface area contributed by atoms with Crippen molar-refractivity contribution in [2.75, 3.05) is 106 Å². The standard InChI is InChI=1S/C58H70O10Si2/c1-69(2,3)45-27-47-15-21-51(22-16-47)65-41-37-61-33-29-59-31-35-63-39-43-67-55-25-19-49-11-7-9-13-53(49)57(55)58-54-14-10-8-12-50(54)20-26-56(58)68-44-40-64-36-32-60-30-34-62-38-42-66-52-23-17-48(18-24-52)28-46-70(4,5)6/h7-26H,29-44H2,1-6H3. The van der Waals surface area contributed by atoms with Crippen LogP contribution in [0.25, 0.3) is 32.7 Å². The summed E-state index contributed by atoms with van der Waals surface area (Å²) in [5, 5.41) is 4.35. The van der Waals surface area contributed by atoms with Crippen LogP contribution in [0.1, 0.15) is 11.1 Å². The molecule has 6 aromatic rings. The highest BCUT2D eigenvalue weighted by molar-refractivity contribution is 6.84. The summed E-state index contributed by atoms with van der Waals surface area (Å²) in [7, 11) is -2.81. The molecule has 70 heavy (non-hydrogen) atoms. The van der Waals surface area contributed by atoms with Gasteiger partial charge in [0.1, 0.15) is 65.6 Å². The maximum absolute atomic E-state index is 6.49. The van der Waals surface area contributed by atoms with Gasteiger partial charge in [0.25, 0.3) is 0 Å². The Morgan fingerprint density at radius 2 is 0.614 bits per heavy atom. The largest absolute Gasteiger partial charge is 0.491 e. The van der Waals surface area contributed by atoms with Crippen LogP contribution in [0.4, 0.5) is 0 Å². The Morgan fingerprint density at radius 3 is 0.943 bits per heavy atom. The van der Waals surface area contributed by atoms with E-state index >= 15 is 0 Å². The number of benzene rings is 6. The van der Waals surface area contributed by atoms with Gasteiger partial charge in [0.05, 0.1) is 79.3 Å². The van der Waals surface area contributed by atoms with Crippen molar-refractivity contribution in [3.05, 3.63) is 132 Å². The van der Waals surface area contributed by atoms with Crippen LogP contribution in [0.15, 0.2) is 121 Å². The SMILES string of the molecule is C[Si](C)(C)C#Cc1ccc(OCCOCCOCCOCCOc2ccc3ccccc3c2-c2c(OCCOCCOCCOCCOc3ccc(C#C[Si](C)(C)C)cc3)ccc3ccccc23)cc1. The lowest BCUT2D eigenvalue weighted by molar-refractivity contribution is 0.00494. The predicted octanol–water partition coefficient (Wildman–Crippen LogP) is 11.1. The highest BCUT2D eigenvalue weighted by Crippen LogP contribution is 2.45. The third kappa shape index (κ3) is 19.3.